The smallest absolute Gasteiger partial charge is 0.341 e. The highest BCUT2D eigenvalue weighted by Crippen LogP contribution is 2.46. The minimum absolute atomic E-state index is 0.0900. The van der Waals surface area contributed by atoms with E-state index in [-0.39, 0.29) is 24.4 Å². The molecule has 3 fully saturated rings. The molecule has 6 heteroatoms. The first kappa shape index (κ1) is 13.2. The summed E-state index contributed by atoms with van der Waals surface area (Å²) in [6.07, 6.45) is -3.18. The molecule has 0 aromatic rings. The van der Waals surface area contributed by atoms with E-state index in [1.54, 1.807) is 11.8 Å². The van der Waals surface area contributed by atoms with E-state index in [1.165, 1.54) is 0 Å². The van der Waals surface area contributed by atoms with Crippen LogP contribution >= 0.6 is 0 Å². The van der Waals surface area contributed by atoms with Crippen LogP contribution in [0, 0.1) is 10.8 Å². The van der Waals surface area contributed by atoms with E-state index in [1.807, 2.05) is 0 Å². The minimum Gasteiger partial charge on any atom is -0.341 e. The Hall–Kier alpha value is -0.780. The third-order valence-electron chi connectivity index (χ3n) is 4.85. The summed E-state index contributed by atoms with van der Waals surface area (Å²) in [4.78, 5) is 16.4. The summed E-state index contributed by atoms with van der Waals surface area (Å²) < 4.78 is 37.3. The van der Waals surface area contributed by atoms with Crippen molar-refractivity contribution in [3.8, 4) is 0 Å². The van der Waals surface area contributed by atoms with Crippen molar-refractivity contribution < 1.29 is 18.0 Å². The third-order valence-corrected chi connectivity index (χ3v) is 4.85. The molecule has 108 valence electrons. The van der Waals surface area contributed by atoms with Crippen molar-refractivity contribution >= 4 is 5.91 Å². The maximum absolute atomic E-state index is 12.5. The molecule has 3 saturated heterocycles. The van der Waals surface area contributed by atoms with Gasteiger partial charge in [-0.2, -0.15) is 13.2 Å². The largest absolute Gasteiger partial charge is 0.389 e. The van der Waals surface area contributed by atoms with Crippen molar-refractivity contribution in [1.82, 2.24) is 9.80 Å². The monoisotopic (exact) mass is 276 g/mol. The highest BCUT2D eigenvalue weighted by molar-refractivity contribution is 5.84. The van der Waals surface area contributed by atoms with Gasteiger partial charge in [-0.25, -0.2) is 0 Å². The fourth-order valence-electron chi connectivity index (χ4n) is 3.96. The molecule has 0 aromatic heterocycles. The zero-order chi connectivity index (χ0) is 13.9. The van der Waals surface area contributed by atoms with Gasteiger partial charge in [0.2, 0.25) is 5.91 Å². The Morgan fingerprint density at radius 1 is 1.16 bits per heavy atom. The summed E-state index contributed by atoms with van der Waals surface area (Å²) in [7, 11) is 0. The number of carbonyl (C=O) groups is 1. The van der Waals surface area contributed by atoms with Crippen molar-refractivity contribution in [2.75, 3.05) is 32.7 Å². The molecule has 3 rings (SSSR count). The Balaban J connectivity index is 1.60. The normalized spacial score (nSPS) is 36.4. The van der Waals surface area contributed by atoms with Gasteiger partial charge in [-0.15, -0.1) is 0 Å². The molecule has 0 N–H and O–H groups in total. The lowest BCUT2D eigenvalue weighted by atomic mass is 9.75. The number of hydrogen-bond acceptors (Lipinski definition) is 2. The number of hydrogen-bond donors (Lipinski definition) is 0. The lowest BCUT2D eigenvalue weighted by molar-refractivity contribution is -0.185. The molecule has 0 unspecified atom stereocenters. The van der Waals surface area contributed by atoms with Crippen LogP contribution < -0.4 is 0 Å². The van der Waals surface area contributed by atoms with Gasteiger partial charge in [0.1, 0.15) is 0 Å². The fourth-order valence-corrected chi connectivity index (χ4v) is 3.96. The Morgan fingerprint density at radius 2 is 1.74 bits per heavy atom. The Bertz CT molecular complexity index is 393. The molecule has 3 aliphatic heterocycles. The number of piperidine rings is 1. The van der Waals surface area contributed by atoms with Crippen LogP contribution in [0.3, 0.4) is 0 Å². The number of halogens is 3. The van der Waals surface area contributed by atoms with E-state index in [0.29, 0.717) is 0 Å². The third kappa shape index (κ3) is 2.24. The van der Waals surface area contributed by atoms with Crippen LogP contribution in [0.25, 0.3) is 0 Å². The SMILES string of the molecule is CC1(CC(F)(F)F)CN(C(=O)C23CCN(CC2)C3)C1. The van der Waals surface area contributed by atoms with Crippen molar-refractivity contribution in [3.05, 3.63) is 0 Å². The van der Waals surface area contributed by atoms with Crippen molar-refractivity contribution in [2.24, 2.45) is 10.8 Å². The number of amides is 1. The van der Waals surface area contributed by atoms with Crippen molar-refractivity contribution in [2.45, 2.75) is 32.4 Å². The zero-order valence-corrected chi connectivity index (χ0v) is 11.1. The molecule has 3 heterocycles. The van der Waals surface area contributed by atoms with E-state index in [9.17, 15) is 18.0 Å². The van der Waals surface area contributed by atoms with Crippen LogP contribution in [0.15, 0.2) is 0 Å². The molecular formula is C13H19F3N2O. The summed E-state index contributed by atoms with van der Waals surface area (Å²) in [5.41, 5.74) is -1.05. The summed E-state index contributed by atoms with van der Waals surface area (Å²) >= 11 is 0. The van der Waals surface area contributed by atoms with Gasteiger partial charge < -0.3 is 9.80 Å². The summed E-state index contributed by atoms with van der Waals surface area (Å²) in [6, 6.07) is 0. The fraction of sp³-hybridized carbons (Fsp3) is 0.923. The van der Waals surface area contributed by atoms with E-state index < -0.39 is 18.0 Å². The Morgan fingerprint density at radius 3 is 2.16 bits per heavy atom. The van der Waals surface area contributed by atoms with Gasteiger partial charge in [0, 0.05) is 25.0 Å². The lowest BCUT2D eigenvalue weighted by Gasteiger charge is -2.50. The topological polar surface area (TPSA) is 23.6 Å². The second-order valence-electron chi connectivity index (χ2n) is 6.82. The average Bonchev–Trinajstić information content (AvgIpc) is 2.83. The van der Waals surface area contributed by atoms with E-state index >= 15 is 0 Å². The highest BCUT2D eigenvalue weighted by Gasteiger charge is 2.55. The van der Waals surface area contributed by atoms with Crippen LogP contribution in [0.4, 0.5) is 13.2 Å². The first-order valence-electron chi connectivity index (χ1n) is 6.80. The number of alkyl halides is 3. The number of rotatable bonds is 2. The van der Waals surface area contributed by atoms with Gasteiger partial charge in [0.15, 0.2) is 0 Å². The number of carbonyl (C=O) groups excluding carboxylic acids is 1. The quantitative estimate of drug-likeness (QED) is 0.769. The number of nitrogens with zero attached hydrogens (tertiary/aromatic N) is 2. The molecule has 3 aliphatic rings. The summed E-state index contributed by atoms with van der Waals surface area (Å²) in [5, 5.41) is 0. The molecule has 0 aliphatic carbocycles. The lowest BCUT2D eigenvalue weighted by Crippen LogP contribution is -2.61. The molecule has 0 spiro atoms. The van der Waals surface area contributed by atoms with Gasteiger partial charge in [-0.3, -0.25) is 4.79 Å². The molecule has 2 bridgehead atoms. The molecule has 3 nitrogen and oxygen atoms in total. The number of fused-ring (bicyclic) bond motifs is 2. The van der Waals surface area contributed by atoms with Gasteiger partial charge in [0.05, 0.1) is 11.8 Å². The van der Waals surface area contributed by atoms with Gasteiger partial charge in [-0.1, -0.05) is 6.92 Å². The maximum Gasteiger partial charge on any atom is 0.389 e. The Kier molecular flexibility index (Phi) is 2.69. The van der Waals surface area contributed by atoms with Crippen molar-refractivity contribution in [3.63, 3.8) is 0 Å². The Labute approximate surface area is 110 Å². The standard InChI is InChI=1S/C13H19F3N2O/c1-11(6-13(14,15)16)7-18(8-11)10(19)12-2-4-17(9-12)5-3-12/h2-9H2,1H3. The predicted octanol–water partition coefficient (Wildman–Crippen LogP) is 1.88. The zero-order valence-electron chi connectivity index (χ0n) is 11.1. The van der Waals surface area contributed by atoms with Gasteiger partial charge >= 0.3 is 6.18 Å². The van der Waals surface area contributed by atoms with Gasteiger partial charge in [0.25, 0.3) is 0 Å². The first-order chi connectivity index (χ1) is 8.72. The molecule has 1 amide bonds. The van der Waals surface area contributed by atoms with Crippen LogP contribution in [-0.4, -0.2) is 54.6 Å². The molecule has 0 saturated carbocycles. The van der Waals surface area contributed by atoms with Crippen molar-refractivity contribution in [1.29, 1.82) is 0 Å². The van der Waals surface area contributed by atoms with Crippen LogP contribution in [0.2, 0.25) is 0 Å². The van der Waals surface area contributed by atoms with E-state index in [2.05, 4.69) is 4.90 Å². The predicted molar refractivity (Wildman–Crippen MR) is 63.5 cm³/mol. The van der Waals surface area contributed by atoms with Gasteiger partial charge in [-0.05, 0) is 25.9 Å². The van der Waals surface area contributed by atoms with Crippen LogP contribution in [0.1, 0.15) is 26.2 Å². The minimum atomic E-state index is -4.14. The average molecular weight is 276 g/mol. The molecule has 19 heavy (non-hydrogen) atoms. The summed E-state index contributed by atoms with van der Waals surface area (Å²) in [5.74, 6) is 0.0900. The number of likely N-dealkylation sites (tertiary alicyclic amines) is 1. The second-order valence-corrected chi connectivity index (χ2v) is 6.82. The first-order valence-corrected chi connectivity index (χ1v) is 6.80. The maximum atomic E-state index is 12.5. The molecule has 0 radical (unpaired) electrons. The second kappa shape index (κ2) is 3.87. The molecule has 0 atom stereocenters. The summed E-state index contributed by atoms with van der Waals surface area (Å²) in [6.45, 7) is 4.86. The van der Waals surface area contributed by atoms with Crippen LogP contribution in [-0.2, 0) is 4.79 Å². The highest BCUT2D eigenvalue weighted by atomic mass is 19.4. The molecular weight excluding hydrogens is 257 g/mol. The van der Waals surface area contributed by atoms with E-state index in [4.69, 9.17) is 0 Å². The van der Waals surface area contributed by atoms with Crippen LogP contribution in [0.5, 0.6) is 0 Å². The molecule has 0 aromatic carbocycles. The van der Waals surface area contributed by atoms with E-state index in [0.717, 1.165) is 32.5 Å².